The summed E-state index contributed by atoms with van der Waals surface area (Å²) in [5.41, 5.74) is 2.71. The molecule has 0 spiro atoms. The van der Waals surface area contributed by atoms with E-state index in [9.17, 15) is 14.9 Å². The molecule has 2 amide bonds. The number of amides is 2. The molecule has 0 bridgehead atoms. The van der Waals surface area contributed by atoms with E-state index in [0.29, 0.717) is 28.4 Å². The molecule has 0 saturated carbocycles. The van der Waals surface area contributed by atoms with E-state index in [-0.39, 0.29) is 18.1 Å². The van der Waals surface area contributed by atoms with Crippen LogP contribution in [0.15, 0.2) is 78.4 Å². The van der Waals surface area contributed by atoms with Gasteiger partial charge in [-0.05, 0) is 66.6 Å². The number of anilines is 2. The van der Waals surface area contributed by atoms with Crippen molar-refractivity contribution in [3.8, 4) is 17.6 Å². The summed E-state index contributed by atoms with van der Waals surface area (Å²) in [4.78, 5) is 24.7. The maximum absolute atomic E-state index is 12.5. The van der Waals surface area contributed by atoms with Gasteiger partial charge in [-0.3, -0.25) is 9.59 Å². The van der Waals surface area contributed by atoms with E-state index in [1.165, 1.54) is 6.08 Å². The maximum atomic E-state index is 12.5. The molecule has 3 aromatic carbocycles. The van der Waals surface area contributed by atoms with E-state index in [4.69, 9.17) is 9.47 Å². The summed E-state index contributed by atoms with van der Waals surface area (Å²) >= 11 is 0. The summed E-state index contributed by atoms with van der Waals surface area (Å²) in [5.74, 6) is 0.303. The van der Waals surface area contributed by atoms with Gasteiger partial charge in [0.2, 0.25) is 0 Å². The summed E-state index contributed by atoms with van der Waals surface area (Å²) in [5, 5.41) is 14.9. The number of benzene rings is 3. The minimum atomic E-state index is -0.503. The van der Waals surface area contributed by atoms with Gasteiger partial charge in [0.05, 0.1) is 7.11 Å². The Hall–Kier alpha value is -4.57. The topological polar surface area (TPSA) is 100 Å². The number of nitriles is 1. The van der Waals surface area contributed by atoms with Crippen LogP contribution >= 0.6 is 0 Å². The Bertz CT molecular complexity index is 1210. The first-order valence-electron chi connectivity index (χ1n) is 10.1. The molecule has 3 aromatic rings. The van der Waals surface area contributed by atoms with Crippen molar-refractivity contribution in [2.24, 2.45) is 0 Å². The first-order valence-corrected chi connectivity index (χ1v) is 10.1. The number of nitrogens with one attached hydrogen (secondary N) is 2. The van der Waals surface area contributed by atoms with E-state index in [1.807, 2.05) is 31.2 Å². The van der Waals surface area contributed by atoms with E-state index in [0.717, 1.165) is 5.56 Å². The van der Waals surface area contributed by atoms with Crippen LogP contribution in [0.2, 0.25) is 0 Å². The largest absolute Gasteiger partial charge is 0.497 e. The predicted molar refractivity (Wildman–Crippen MR) is 127 cm³/mol. The molecule has 0 aliphatic heterocycles. The lowest BCUT2D eigenvalue weighted by Crippen LogP contribution is -2.20. The lowest BCUT2D eigenvalue weighted by atomic mass is 10.1. The third kappa shape index (κ3) is 6.71. The van der Waals surface area contributed by atoms with Gasteiger partial charge in [0.15, 0.2) is 6.61 Å². The smallest absolute Gasteiger partial charge is 0.266 e. The molecule has 0 saturated heterocycles. The Kier molecular flexibility index (Phi) is 7.81. The van der Waals surface area contributed by atoms with Gasteiger partial charge < -0.3 is 20.1 Å². The molecule has 7 heteroatoms. The normalized spacial score (nSPS) is 10.6. The second-order valence-corrected chi connectivity index (χ2v) is 7.08. The third-order valence-corrected chi connectivity index (χ3v) is 4.67. The van der Waals surface area contributed by atoms with Crippen molar-refractivity contribution in [3.05, 3.63) is 89.5 Å². The zero-order valence-corrected chi connectivity index (χ0v) is 18.3. The summed E-state index contributed by atoms with van der Waals surface area (Å²) in [6, 6.07) is 23.0. The molecule has 0 radical (unpaired) electrons. The van der Waals surface area contributed by atoms with Crippen LogP contribution in [0.4, 0.5) is 11.4 Å². The average Bonchev–Trinajstić information content (AvgIpc) is 2.83. The van der Waals surface area contributed by atoms with Gasteiger partial charge in [0.25, 0.3) is 11.8 Å². The fourth-order valence-corrected chi connectivity index (χ4v) is 2.93. The van der Waals surface area contributed by atoms with E-state index in [1.54, 1.807) is 61.7 Å². The van der Waals surface area contributed by atoms with Gasteiger partial charge in [0, 0.05) is 11.4 Å². The molecule has 0 fully saturated rings. The monoisotopic (exact) mass is 441 g/mol. The number of aryl methyl sites for hydroxylation is 1. The minimum Gasteiger partial charge on any atom is -0.497 e. The number of carbonyl (C=O) groups is 2. The number of ether oxygens (including phenoxy) is 2. The number of hydrogen-bond donors (Lipinski definition) is 2. The Balaban J connectivity index is 1.62. The molecule has 0 aromatic heterocycles. The molecule has 0 unspecified atom stereocenters. The first-order chi connectivity index (χ1) is 16.0. The van der Waals surface area contributed by atoms with Crippen LogP contribution in [0.3, 0.4) is 0 Å². The van der Waals surface area contributed by atoms with Gasteiger partial charge in [-0.2, -0.15) is 5.26 Å². The number of carbonyl (C=O) groups excluding carboxylic acids is 2. The second kappa shape index (κ2) is 11.2. The van der Waals surface area contributed by atoms with Crippen molar-refractivity contribution >= 4 is 29.3 Å². The molecular formula is C26H23N3O4. The van der Waals surface area contributed by atoms with E-state index < -0.39 is 5.91 Å². The summed E-state index contributed by atoms with van der Waals surface area (Å²) in [6.45, 7) is 1.68. The molecule has 7 nitrogen and oxygen atoms in total. The van der Waals surface area contributed by atoms with E-state index >= 15 is 0 Å². The van der Waals surface area contributed by atoms with Crippen LogP contribution in [0.25, 0.3) is 6.08 Å². The molecule has 33 heavy (non-hydrogen) atoms. The molecule has 0 atom stereocenters. The number of nitrogens with zero attached hydrogens (tertiary/aromatic N) is 1. The van der Waals surface area contributed by atoms with Crippen molar-refractivity contribution in [2.75, 3.05) is 24.4 Å². The number of hydrogen-bond acceptors (Lipinski definition) is 5. The molecule has 3 rings (SSSR count). The summed E-state index contributed by atoms with van der Waals surface area (Å²) < 4.78 is 10.7. The highest BCUT2D eigenvalue weighted by Gasteiger charge is 2.11. The zero-order chi connectivity index (χ0) is 23.6. The van der Waals surface area contributed by atoms with Crippen LogP contribution in [0, 0.1) is 18.3 Å². The van der Waals surface area contributed by atoms with Gasteiger partial charge in [-0.1, -0.05) is 30.3 Å². The molecular weight excluding hydrogens is 418 g/mol. The van der Waals surface area contributed by atoms with Crippen molar-refractivity contribution in [1.82, 2.24) is 0 Å². The highest BCUT2D eigenvalue weighted by molar-refractivity contribution is 6.10. The molecule has 0 aliphatic rings. The Labute approximate surface area is 192 Å². The van der Waals surface area contributed by atoms with E-state index in [2.05, 4.69) is 10.6 Å². The van der Waals surface area contributed by atoms with Crippen molar-refractivity contribution in [2.45, 2.75) is 6.92 Å². The number of para-hydroxylation sites is 1. The molecule has 0 aliphatic carbocycles. The van der Waals surface area contributed by atoms with Crippen molar-refractivity contribution in [1.29, 1.82) is 5.26 Å². The van der Waals surface area contributed by atoms with Crippen LogP contribution in [-0.2, 0) is 9.59 Å². The van der Waals surface area contributed by atoms with Crippen LogP contribution in [0.5, 0.6) is 11.5 Å². The molecule has 2 N–H and O–H groups in total. The minimum absolute atomic E-state index is 0.0485. The summed E-state index contributed by atoms with van der Waals surface area (Å²) in [6.07, 6.45) is 1.47. The number of rotatable bonds is 8. The van der Waals surface area contributed by atoms with Crippen molar-refractivity contribution < 1.29 is 19.1 Å². The lowest BCUT2D eigenvalue weighted by Gasteiger charge is -2.09. The second-order valence-electron chi connectivity index (χ2n) is 7.08. The van der Waals surface area contributed by atoms with Crippen LogP contribution in [0.1, 0.15) is 11.1 Å². The lowest BCUT2D eigenvalue weighted by molar-refractivity contribution is -0.118. The predicted octanol–water partition coefficient (Wildman–Crippen LogP) is 4.57. The van der Waals surface area contributed by atoms with Gasteiger partial charge in [-0.25, -0.2) is 0 Å². The Morgan fingerprint density at radius 3 is 2.42 bits per heavy atom. The highest BCUT2D eigenvalue weighted by Crippen LogP contribution is 2.19. The fourth-order valence-electron chi connectivity index (χ4n) is 2.93. The quantitative estimate of drug-likeness (QED) is 0.394. The highest BCUT2D eigenvalue weighted by atomic mass is 16.5. The number of methoxy groups -OCH3 is 1. The fraction of sp³-hybridized carbons (Fsp3) is 0.115. The molecule has 0 heterocycles. The van der Waals surface area contributed by atoms with Crippen LogP contribution < -0.4 is 20.1 Å². The maximum Gasteiger partial charge on any atom is 0.266 e. The van der Waals surface area contributed by atoms with Crippen LogP contribution in [-0.4, -0.2) is 25.5 Å². The Morgan fingerprint density at radius 2 is 1.73 bits per heavy atom. The van der Waals surface area contributed by atoms with Gasteiger partial charge >= 0.3 is 0 Å². The average molecular weight is 441 g/mol. The Morgan fingerprint density at radius 1 is 0.970 bits per heavy atom. The SMILES string of the molecule is COc1ccc(NC(=O)COc2cccc(C=C(C#N)C(=O)Nc3ccccc3C)c2)cc1. The zero-order valence-electron chi connectivity index (χ0n) is 18.3. The standard InChI is InChI=1S/C26H23N3O4/c1-18-6-3-4-9-24(18)29-26(31)20(16-27)14-19-7-5-8-23(15-19)33-17-25(30)28-21-10-12-22(32-2)13-11-21/h3-15H,17H2,1-2H3,(H,28,30)(H,29,31). The van der Waals surface area contributed by atoms with Gasteiger partial charge in [0.1, 0.15) is 23.1 Å². The molecule has 166 valence electrons. The first kappa shape index (κ1) is 23.1. The summed E-state index contributed by atoms with van der Waals surface area (Å²) in [7, 11) is 1.57. The van der Waals surface area contributed by atoms with Crippen molar-refractivity contribution in [3.63, 3.8) is 0 Å². The van der Waals surface area contributed by atoms with Gasteiger partial charge in [-0.15, -0.1) is 0 Å². The third-order valence-electron chi connectivity index (χ3n) is 4.67.